The smallest absolute Gasteiger partial charge is 0.359 e. The predicted octanol–water partition coefficient (Wildman–Crippen LogP) is 1.25. The lowest BCUT2D eigenvalue weighted by Gasteiger charge is -2.30. The number of esters is 2. The molecule has 9 nitrogen and oxygen atoms in total. The molecule has 1 aliphatic heterocycles. The van der Waals surface area contributed by atoms with Gasteiger partial charge < -0.3 is 14.4 Å². The quantitative estimate of drug-likeness (QED) is 0.612. The molecule has 1 aliphatic rings. The van der Waals surface area contributed by atoms with Gasteiger partial charge in [-0.1, -0.05) is 30.3 Å². The number of benzene rings is 1. The van der Waals surface area contributed by atoms with Crippen LogP contribution in [0.1, 0.15) is 35.8 Å². The van der Waals surface area contributed by atoms with Gasteiger partial charge in [-0.25, -0.2) is 9.48 Å². The average Bonchev–Trinajstić information content (AvgIpc) is 2.79. The molecule has 0 bridgehead atoms. The fourth-order valence-corrected chi connectivity index (χ4v) is 3.34. The Bertz CT molecular complexity index is 980. The molecule has 1 aromatic heterocycles. The van der Waals surface area contributed by atoms with E-state index in [1.165, 1.54) is 16.8 Å². The van der Waals surface area contributed by atoms with Crippen molar-refractivity contribution in [3.05, 3.63) is 64.1 Å². The van der Waals surface area contributed by atoms with Crippen LogP contribution in [0.2, 0.25) is 0 Å². The van der Waals surface area contributed by atoms with Crippen LogP contribution in [0.3, 0.4) is 0 Å². The lowest BCUT2D eigenvalue weighted by atomic mass is 9.97. The Morgan fingerprint density at radius 3 is 2.42 bits per heavy atom. The Balaban J connectivity index is 1.53. The summed E-state index contributed by atoms with van der Waals surface area (Å²) in [5.74, 6) is -1.57. The molecule has 2 aromatic rings. The van der Waals surface area contributed by atoms with Crippen molar-refractivity contribution in [2.75, 3.05) is 26.3 Å². The molecule has 2 heterocycles. The third-order valence-electron chi connectivity index (χ3n) is 5.05. The van der Waals surface area contributed by atoms with Gasteiger partial charge in [0.1, 0.15) is 0 Å². The normalized spacial score (nSPS) is 14.2. The molecular formula is C22H25N3O6. The van der Waals surface area contributed by atoms with E-state index in [4.69, 9.17) is 9.47 Å². The van der Waals surface area contributed by atoms with Crippen molar-refractivity contribution in [3.8, 4) is 0 Å². The molecule has 1 amide bonds. The first-order chi connectivity index (χ1) is 15.0. The maximum Gasteiger partial charge on any atom is 0.359 e. The monoisotopic (exact) mass is 427 g/mol. The number of aromatic nitrogens is 2. The second-order valence-corrected chi connectivity index (χ2v) is 7.18. The van der Waals surface area contributed by atoms with E-state index in [1.54, 1.807) is 11.8 Å². The Hall–Kier alpha value is -3.49. The van der Waals surface area contributed by atoms with E-state index >= 15 is 0 Å². The van der Waals surface area contributed by atoms with Crippen LogP contribution in [-0.2, 0) is 25.6 Å². The Morgan fingerprint density at radius 2 is 1.74 bits per heavy atom. The molecule has 164 valence electrons. The second kappa shape index (κ2) is 10.5. The highest BCUT2D eigenvalue weighted by molar-refractivity contribution is 5.89. The van der Waals surface area contributed by atoms with E-state index in [2.05, 4.69) is 5.10 Å². The number of carbonyl (C=O) groups excluding carboxylic acids is 3. The van der Waals surface area contributed by atoms with Gasteiger partial charge in [0.15, 0.2) is 12.3 Å². The van der Waals surface area contributed by atoms with Crippen molar-refractivity contribution in [2.24, 2.45) is 5.92 Å². The molecule has 0 unspecified atom stereocenters. The zero-order valence-electron chi connectivity index (χ0n) is 17.4. The van der Waals surface area contributed by atoms with Crippen LogP contribution >= 0.6 is 0 Å². The van der Waals surface area contributed by atoms with Gasteiger partial charge in [-0.2, -0.15) is 5.10 Å². The minimum atomic E-state index is -0.781. The Morgan fingerprint density at radius 1 is 1.03 bits per heavy atom. The number of ether oxygens (including phenoxy) is 2. The zero-order valence-corrected chi connectivity index (χ0v) is 17.4. The summed E-state index contributed by atoms with van der Waals surface area (Å²) in [4.78, 5) is 50.1. The summed E-state index contributed by atoms with van der Waals surface area (Å²) in [6.07, 6.45) is 1.04. The third-order valence-corrected chi connectivity index (χ3v) is 5.05. The van der Waals surface area contributed by atoms with Crippen LogP contribution in [0.4, 0.5) is 0 Å². The molecule has 1 saturated heterocycles. The number of amides is 1. The zero-order chi connectivity index (χ0) is 22.2. The van der Waals surface area contributed by atoms with Crippen LogP contribution in [0.15, 0.2) is 47.3 Å². The fourth-order valence-electron chi connectivity index (χ4n) is 3.34. The van der Waals surface area contributed by atoms with Crippen LogP contribution in [0.5, 0.6) is 0 Å². The van der Waals surface area contributed by atoms with E-state index < -0.39 is 12.6 Å². The van der Waals surface area contributed by atoms with Crippen molar-refractivity contribution >= 4 is 17.8 Å². The molecule has 0 aliphatic carbocycles. The minimum Gasteiger partial charge on any atom is -0.466 e. The van der Waals surface area contributed by atoms with Gasteiger partial charge in [-0.05, 0) is 31.4 Å². The highest BCUT2D eigenvalue weighted by atomic mass is 16.5. The molecule has 1 aromatic carbocycles. The summed E-state index contributed by atoms with van der Waals surface area (Å²) >= 11 is 0. The molecule has 0 spiro atoms. The summed E-state index contributed by atoms with van der Waals surface area (Å²) in [6, 6.07) is 11.8. The van der Waals surface area contributed by atoms with E-state index in [0.717, 1.165) is 5.56 Å². The molecule has 0 radical (unpaired) electrons. The summed E-state index contributed by atoms with van der Waals surface area (Å²) in [7, 11) is 0. The number of hydrogen-bond acceptors (Lipinski definition) is 7. The topological polar surface area (TPSA) is 108 Å². The molecule has 0 saturated carbocycles. The summed E-state index contributed by atoms with van der Waals surface area (Å²) in [6.45, 7) is 2.69. The largest absolute Gasteiger partial charge is 0.466 e. The minimum absolute atomic E-state index is 0.0515. The summed E-state index contributed by atoms with van der Waals surface area (Å²) in [5, 5.41) is 4.06. The van der Waals surface area contributed by atoms with Gasteiger partial charge in [-0.15, -0.1) is 0 Å². The Kier molecular flexibility index (Phi) is 7.53. The van der Waals surface area contributed by atoms with Crippen molar-refractivity contribution in [1.82, 2.24) is 14.7 Å². The van der Waals surface area contributed by atoms with Crippen molar-refractivity contribution in [1.29, 1.82) is 0 Å². The van der Waals surface area contributed by atoms with Crippen LogP contribution < -0.4 is 5.56 Å². The van der Waals surface area contributed by atoms with Gasteiger partial charge in [0, 0.05) is 19.2 Å². The van der Waals surface area contributed by atoms with E-state index in [0.29, 0.717) is 32.5 Å². The van der Waals surface area contributed by atoms with E-state index in [9.17, 15) is 19.2 Å². The molecule has 31 heavy (non-hydrogen) atoms. The molecule has 0 atom stereocenters. The predicted molar refractivity (Wildman–Crippen MR) is 110 cm³/mol. The Labute approximate surface area is 179 Å². The molecule has 0 N–H and O–H groups in total. The van der Waals surface area contributed by atoms with Gasteiger partial charge in [0.05, 0.1) is 19.1 Å². The maximum atomic E-state index is 12.4. The number of piperidine rings is 1. The van der Waals surface area contributed by atoms with E-state index in [-0.39, 0.29) is 35.6 Å². The van der Waals surface area contributed by atoms with Crippen molar-refractivity contribution in [3.63, 3.8) is 0 Å². The number of carbonyl (C=O) groups is 3. The van der Waals surface area contributed by atoms with Crippen molar-refractivity contribution < 1.29 is 23.9 Å². The SMILES string of the molecule is CCOC(=O)C1CCN(C(=O)COC(=O)c2ccc(=O)n(Cc3ccccc3)n2)CC1. The van der Waals surface area contributed by atoms with Crippen LogP contribution in [0, 0.1) is 5.92 Å². The van der Waals surface area contributed by atoms with Crippen LogP contribution in [0.25, 0.3) is 0 Å². The van der Waals surface area contributed by atoms with Gasteiger partial charge >= 0.3 is 11.9 Å². The van der Waals surface area contributed by atoms with Crippen molar-refractivity contribution in [2.45, 2.75) is 26.3 Å². The lowest BCUT2D eigenvalue weighted by molar-refractivity contribution is -0.151. The summed E-state index contributed by atoms with van der Waals surface area (Å²) < 4.78 is 11.3. The number of likely N-dealkylation sites (tertiary alicyclic amines) is 1. The molecule has 9 heteroatoms. The first-order valence-electron chi connectivity index (χ1n) is 10.2. The highest BCUT2D eigenvalue weighted by Crippen LogP contribution is 2.18. The fraction of sp³-hybridized carbons (Fsp3) is 0.409. The number of rotatable bonds is 7. The standard InChI is InChI=1S/C22H25N3O6/c1-2-30-21(28)17-10-12-24(13-11-17)20(27)15-31-22(29)18-8-9-19(26)25(23-18)14-16-6-4-3-5-7-16/h3-9,17H,2,10-15H2,1H3. The first kappa shape index (κ1) is 22.2. The van der Waals surface area contributed by atoms with Gasteiger partial charge in [0.2, 0.25) is 0 Å². The molecule has 3 rings (SSSR count). The van der Waals surface area contributed by atoms with Crippen LogP contribution in [-0.4, -0.2) is 58.8 Å². The highest BCUT2D eigenvalue weighted by Gasteiger charge is 2.28. The third kappa shape index (κ3) is 6.00. The van der Waals surface area contributed by atoms with E-state index in [1.807, 2.05) is 30.3 Å². The maximum absolute atomic E-state index is 12.4. The second-order valence-electron chi connectivity index (χ2n) is 7.18. The molecular weight excluding hydrogens is 402 g/mol. The summed E-state index contributed by atoms with van der Waals surface area (Å²) in [5.41, 5.74) is 0.467. The molecule has 1 fully saturated rings. The van der Waals surface area contributed by atoms with Gasteiger partial charge in [0.25, 0.3) is 11.5 Å². The lowest BCUT2D eigenvalue weighted by Crippen LogP contribution is -2.42. The number of hydrogen-bond donors (Lipinski definition) is 0. The first-order valence-corrected chi connectivity index (χ1v) is 10.2. The number of nitrogens with zero attached hydrogens (tertiary/aromatic N) is 3. The van der Waals surface area contributed by atoms with Gasteiger partial charge in [-0.3, -0.25) is 14.4 Å². The average molecular weight is 427 g/mol.